The highest BCUT2D eigenvalue weighted by atomic mass is 32.2. The number of benzene rings is 1. The summed E-state index contributed by atoms with van der Waals surface area (Å²) in [6, 6.07) is 5.00. The van der Waals surface area contributed by atoms with Crippen LogP contribution in [0.5, 0.6) is 0 Å². The highest BCUT2D eigenvalue weighted by Gasteiger charge is 2.27. The maximum absolute atomic E-state index is 13.5. The van der Waals surface area contributed by atoms with E-state index in [1.807, 2.05) is 0 Å². The third kappa shape index (κ3) is 4.28. The summed E-state index contributed by atoms with van der Waals surface area (Å²) in [6.45, 7) is 4.55. The Morgan fingerprint density at radius 2 is 1.85 bits per heavy atom. The first kappa shape index (κ1) is 16.6. The number of carbonyl (C=O) groups is 1. The summed E-state index contributed by atoms with van der Waals surface area (Å²) in [7, 11) is -2.86. The number of esters is 1. The highest BCUT2D eigenvalue weighted by molar-refractivity contribution is 7.89. The van der Waals surface area contributed by atoms with E-state index < -0.39 is 38.9 Å². The minimum absolute atomic E-state index is 0.467. The normalized spacial score (nSPS) is 12.5. The van der Waals surface area contributed by atoms with Gasteiger partial charge in [-0.05, 0) is 32.9 Å². The second-order valence-electron chi connectivity index (χ2n) is 5.28. The Balaban J connectivity index is 2.89. The number of nitrogens with zero attached hydrogens (tertiary/aromatic N) is 1. The van der Waals surface area contributed by atoms with E-state index >= 15 is 0 Å². The van der Waals surface area contributed by atoms with Gasteiger partial charge in [-0.3, -0.25) is 4.79 Å². The van der Waals surface area contributed by atoms with Crippen molar-refractivity contribution >= 4 is 16.0 Å². The Hall–Kier alpha value is -1.47. The van der Waals surface area contributed by atoms with Gasteiger partial charge >= 0.3 is 5.97 Å². The van der Waals surface area contributed by atoms with Gasteiger partial charge in [0.2, 0.25) is 10.0 Å². The van der Waals surface area contributed by atoms with Gasteiger partial charge in [0.15, 0.2) is 0 Å². The average molecular weight is 303 g/mol. The summed E-state index contributed by atoms with van der Waals surface area (Å²) >= 11 is 0. The van der Waals surface area contributed by atoms with Crippen molar-refractivity contribution in [3.63, 3.8) is 0 Å². The average Bonchev–Trinajstić information content (AvgIpc) is 2.26. The summed E-state index contributed by atoms with van der Waals surface area (Å²) in [5.74, 6) is -1.55. The van der Waals surface area contributed by atoms with E-state index in [0.29, 0.717) is 0 Å². The zero-order valence-electron chi connectivity index (χ0n) is 11.9. The minimum atomic E-state index is -4.06. The van der Waals surface area contributed by atoms with Crippen molar-refractivity contribution in [3.05, 3.63) is 30.1 Å². The quantitative estimate of drug-likeness (QED) is 0.796. The van der Waals surface area contributed by atoms with Gasteiger partial charge in [-0.1, -0.05) is 12.1 Å². The molecule has 20 heavy (non-hydrogen) atoms. The molecule has 7 heteroatoms. The van der Waals surface area contributed by atoms with Crippen LogP contribution in [-0.2, 0) is 19.6 Å². The van der Waals surface area contributed by atoms with Gasteiger partial charge in [-0.25, -0.2) is 12.8 Å². The largest absolute Gasteiger partial charge is 0.459 e. The summed E-state index contributed by atoms with van der Waals surface area (Å²) < 4.78 is 43.6. The number of hydrogen-bond donors (Lipinski definition) is 0. The van der Waals surface area contributed by atoms with E-state index in [2.05, 4.69) is 0 Å². The SMILES string of the molecule is CN(CC(=O)OC(C)(C)C)S(=O)(=O)c1ccccc1F. The molecule has 0 aliphatic rings. The number of carbonyl (C=O) groups excluding carboxylic acids is 1. The van der Waals surface area contributed by atoms with Crippen LogP contribution in [0.3, 0.4) is 0 Å². The first-order valence-electron chi connectivity index (χ1n) is 5.97. The first-order chi connectivity index (χ1) is 9.04. The van der Waals surface area contributed by atoms with Crippen LogP contribution in [-0.4, -0.2) is 37.9 Å². The van der Waals surface area contributed by atoms with Crippen LogP contribution >= 0.6 is 0 Å². The summed E-state index contributed by atoms with van der Waals surface area (Å²) in [5.41, 5.74) is -0.709. The molecular formula is C13H18FNO4S. The topological polar surface area (TPSA) is 63.7 Å². The van der Waals surface area contributed by atoms with Gasteiger partial charge in [0.1, 0.15) is 22.9 Å². The van der Waals surface area contributed by atoms with E-state index in [4.69, 9.17) is 4.74 Å². The number of halogens is 1. The molecule has 5 nitrogen and oxygen atoms in total. The number of hydrogen-bond acceptors (Lipinski definition) is 4. The Labute approximate surface area is 118 Å². The molecule has 0 saturated heterocycles. The van der Waals surface area contributed by atoms with Crippen LogP contribution < -0.4 is 0 Å². The van der Waals surface area contributed by atoms with Crippen molar-refractivity contribution in [3.8, 4) is 0 Å². The molecule has 0 aromatic heterocycles. The van der Waals surface area contributed by atoms with Crippen LogP contribution in [0.4, 0.5) is 4.39 Å². The fraction of sp³-hybridized carbons (Fsp3) is 0.462. The Morgan fingerprint density at radius 1 is 1.30 bits per heavy atom. The molecular weight excluding hydrogens is 285 g/mol. The van der Waals surface area contributed by atoms with E-state index in [0.717, 1.165) is 16.4 Å². The molecule has 0 heterocycles. The molecule has 0 bridgehead atoms. The van der Waals surface area contributed by atoms with Gasteiger partial charge in [0.05, 0.1) is 0 Å². The molecule has 0 saturated carbocycles. The number of ether oxygens (including phenoxy) is 1. The molecule has 0 atom stereocenters. The molecule has 1 aromatic rings. The summed E-state index contributed by atoms with van der Waals surface area (Å²) in [6.07, 6.45) is 0. The fourth-order valence-electron chi connectivity index (χ4n) is 1.46. The zero-order chi connectivity index (χ0) is 15.6. The van der Waals surface area contributed by atoms with Crippen LogP contribution in [0.15, 0.2) is 29.2 Å². The maximum atomic E-state index is 13.5. The van der Waals surface area contributed by atoms with Crippen molar-refractivity contribution < 1.29 is 22.3 Å². The molecule has 0 amide bonds. The Bertz CT molecular complexity index is 593. The predicted molar refractivity (Wildman–Crippen MR) is 72.1 cm³/mol. The molecule has 0 N–H and O–H groups in total. The molecule has 0 spiro atoms. The lowest BCUT2D eigenvalue weighted by atomic mass is 10.2. The summed E-state index contributed by atoms with van der Waals surface area (Å²) in [4.78, 5) is 11.1. The van der Waals surface area contributed by atoms with Gasteiger partial charge in [0, 0.05) is 7.05 Å². The van der Waals surface area contributed by atoms with E-state index in [9.17, 15) is 17.6 Å². The van der Waals surface area contributed by atoms with Crippen LogP contribution in [0.25, 0.3) is 0 Å². The minimum Gasteiger partial charge on any atom is -0.459 e. The molecule has 1 rings (SSSR count). The van der Waals surface area contributed by atoms with E-state index in [-0.39, 0.29) is 0 Å². The van der Waals surface area contributed by atoms with Crippen molar-refractivity contribution in [1.82, 2.24) is 4.31 Å². The zero-order valence-corrected chi connectivity index (χ0v) is 12.7. The second-order valence-corrected chi connectivity index (χ2v) is 7.29. The predicted octanol–water partition coefficient (Wildman–Crippen LogP) is 1.79. The smallest absolute Gasteiger partial charge is 0.321 e. The van der Waals surface area contributed by atoms with Crippen molar-refractivity contribution in [2.45, 2.75) is 31.3 Å². The molecule has 0 fully saturated rings. The van der Waals surface area contributed by atoms with Crippen molar-refractivity contribution in [2.75, 3.05) is 13.6 Å². The Kier molecular flexibility index (Phi) is 4.88. The fourth-order valence-corrected chi connectivity index (χ4v) is 2.64. The van der Waals surface area contributed by atoms with Crippen molar-refractivity contribution in [1.29, 1.82) is 0 Å². The van der Waals surface area contributed by atoms with E-state index in [1.54, 1.807) is 20.8 Å². The first-order valence-corrected chi connectivity index (χ1v) is 7.41. The number of likely N-dealkylation sites (N-methyl/N-ethyl adjacent to an activating group) is 1. The van der Waals surface area contributed by atoms with Gasteiger partial charge in [0.25, 0.3) is 0 Å². The number of rotatable bonds is 4. The monoisotopic (exact) mass is 303 g/mol. The third-order valence-electron chi connectivity index (χ3n) is 2.30. The molecule has 1 aromatic carbocycles. The van der Waals surface area contributed by atoms with E-state index in [1.165, 1.54) is 19.2 Å². The second kappa shape index (κ2) is 5.88. The van der Waals surface area contributed by atoms with Crippen LogP contribution in [0, 0.1) is 5.82 Å². The highest BCUT2D eigenvalue weighted by Crippen LogP contribution is 2.18. The van der Waals surface area contributed by atoms with Crippen LogP contribution in [0.2, 0.25) is 0 Å². The number of sulfonamides is 1. The Morgan fingerprint density at radius 3 is 2.35 bits per heavy atom. The summed E-state index contributed by atoms with van der Waals surface area (Å²) in [5, 5.41) is 0. The molecule has 0 aliphatic carbocycles. The van der Waals surface area contributed by atoms with Gasteiger partial charge in [-0.2, -0.15) is 4.31 Å². The van der Waals surface area contributed by atoms with Crippen molar-refractivity contribution in [2.24, 2.45) is 0 Å². The maximum Gasteiger partial charge on any atom is 0.321 e. The lowest BCUT2D eigenvalue weighted by Gasteiger charge is -2.22. The molecule has 0 radical (unpaired) electrons. The van der Waals surface area contributed by atoms with Gasteiger partial charge in [-0.15, -0.1) is 0 Å². The lowest BCUT2D eigenvalue weighted by molar-refractivity contribution is -0.154. The molecule has 0 aliphatic heterocycles. The standard InChI is InChI=1S/C13H18FNO4S/c1-13(2,3)19-12(16)9-15(4)20(17,18)11-8-6-5-7-10(11)14/h5-8H,9H2,1-4H3. The lowest BCUT2D eigenvalue weighted by Crippen LogP contribution is -2.36. The molecule has 112 valence electrons. The third-order valence-corrected chi connectivity index (χ3v) is 4.13. The van der Waals surface area contributed by atoms with Crippen LogP contribution in [0.1, 0.15) is 20.8 Å². The molecule has 0 unspecified atom stereocenters. The van der Waals surface area contributed by atoms with Gasteiger partial charge < -0.3 is 4.74 Å².